The van der Waals surface area contributed by atoms with Gasteiger partial charge in [0, 0.05) is 24.6 Å². The molecule has 3 rings (SSSR count). The van der Waals surface area contributed by atoms with Crippen LogP contribution in [0.25, 0.3) is 11.3 Å². The molecule has 112 valence electrons. The van der Waals surface area contributed by atoms with Crippen LogP contribution in [0.2, 0.25) is 0 Å². The van der Waals surface area contributed by atoms with Crippen molar-refractivity contribution in [2.24, 2.45) is 5.92 Å². The Hall–Kier alpha value is -2.08. The smallest absolute Gasteiger partial charge is 0.161 e. The van der Waals surface area contributed by atoms with Crippen LogP contribution in [0.4, 0.5) is 0 Å². The first-order valence-corrected chi connectivity index (χ1v) is 7.00. The summed E-state index contributed by atoms with van der Waals surface area (Å²) in [6.45, 7) is 2.51. The van der Waals surface area contributed by atoms with Gasteiger partial charge in [0.1, 0.15) is 5.69 Å². The lowest BCUT2D eigenvalue weighted by Gasteiger charge is -2.08. The molecule has 0 saturated carbocycles. The third-order valence-electron chi connectivity index (χ3n) is 3.69. The monoisotopic (exact) mass is 289 g/mol. The Morgan fingerprint density at radius 3 is 2.86 bits per heavy atom. The molecule has 2 heterocycles. The van der Waals surface area contributed by atoms with Crippen molar-refractivity contribution in [1.29, 1.82) is 0 Å². The fourth-order valence-corrected chi connectivity index (χ4v) is 2.51. The van der Waals surface area contributed by atoms with E-state index in [4.69, 9.17) is 14.2 Å². The molecule has 1 aliphatic heterocycles. The van der Waals surface area contributed by atoms with E-state index in [9.17, 15) is 0 Å². The summed E-state index contributed by atoms with van der Waals surface area (Å²) >= 11 is 0. The number of benzene rings is 1. The van der Waals surface area contributed by atoms with Crippen LogP contribution in [0.3, 0.4) is 0 Å². The van der Waals surface area contributed by atoms with E-state index >= 15 is 0 Å². The highest BCUT2D eigenvalue weighted by Crippen LogP contribution is 2.31. The van der Waals surface area contributed by atoms with Gasteiger partial charge in [0.05, 0.1) is 27.0 Å². The van der Waals surface area contributed by atoms with Gasteiger partial charge in [0.15, 0.2) is 11.5 Å². The van der Waals surface area contributed by atoms with E-state index in [-0.39, 0.29) is 0 Å². The second-order valence-electron chi connectivity index (χ2n) is 5.13. The SMILES string of the molecule is COc1ccc(-c2cn(CC3CCOC3)nn2)cc1OC. The Morgan fingerprint density at radius 2 is 2.14 bits per heavy atom. The first kappa shape index (κ1) is 13.9. The summed E-state index contributed by atoms with van der Waals surface area (Å²) in [7, 11) is 3.25. The number of aromatic nitrogens is 3. The first-order chi connectivity index (χ1) is 10.3. The van der Waals surface area contributed by atoms with Gasteiger partial charge < -0.3 is 14.2 Å². The van der Waals surface area contributed by atoms with Gasteiger partial charge in [0.2, 0.25) is 0 Å². The summed E-state index contributed by atoms with van der Waals surface area (Å²) in [5.74, 6) is 1.93. The number of hydrogen-bond donors (Lipinski definition) is 0. The third kappa shape index (κ3) is 3.00. The topological polar surface area (TPSA) is 58.4 Å². The van der Waals surface area contributed by atoms with Crippen LogP contribution in [-0.2, 0) is 11.3 Å². The van der Waals surface area contributed by atoms with Crippen LogP contribution in [0.1, 0.15) is 6.42 Å². The first-order valence-electron chi connectivity index (χ1n) is 7.00. The minimum absolute atomic E-state index is 0.532. The van der Waals surface area contributed by atoms with Gasteiger partial charge in [0.25, 0.3) is 0 Å². The van der Waals surface area contributed by atoms with Gasteiger partial charge in [-0.1, -0.05) is 5.21 Å². The fraction of sp³-hybridized carbons (Fsp3) is 0.467. The van der Waals surface area contributed by atoms with Crippen molar-refractivity contribution in [2.75, 3.05) is 27.4 Å². The van der Waals surface area contributed by atoms with E-state index in [1.165, 1.54) is 0 Å². The molecule has 6 heteroatoms. The average Bonchev–Trinajstić information content (AvgIpc) is 3.19. The third-order valence-corrected chi connectivity index (χ3v) is 3.69. The Labute approximate surface area is 123 Å². The van der Waals surface area contributed by atoms with Crippen molar-refractivity contribution in [3.05, 3.63) is 24.4 Å². The lowest BCUT2D eigenvalue weighted by molar-refractivity contribution is 0.181. The summed E-state index contributed by atoms with van der Waals surface area (Å²) in [6, 6.07) is 5.73. The van der Waals surface area contributed by atoms with Crippen molar-refractivity contribution >= 4 is 0 Å². The molecule has 1 aromatic carbocycles. The summed E-state index contributed by atoms with van der Waals surface area (Å²) in [5.41, 5.74) is 1.79. The zero-order valence-corrected chi connectivity index (χ0v) is 12.3. The van der Waals surface area contributed by atoms with Crippen molar-refractivity contribution in [1.82, 2.24) is 15.0 Å². The molecule has 1 saturated heterocycles. The Morgan fingerprint density at radius 1 is 1.29 bits per heavy atom. The molecule has 1 atom stereocenters. The summed E-state index contributed by atoms with van der Waals surface area (Å²) < 4.78 is 17.8. The van der Waals surface area contributed by atoms with Crippen LogP contribution in [0.15, 0.2) is 24.4 Å². The quantitative estimate of drug-likeness (QED) is 0.842. The number of ether oxygens (including phenoxy) is 3. The van der Waals surface area contributed by atoms with Crippen LogP contribution in [-0.4, -0.2) is 42.4 Å². The molecular weight excluding hydrogens is 270 g/mol. The molecule has 1 aliphatic rings. The van der Waals surface area contributed by atoms with Crippen molar-refractivity contribution in [2.45, 2.75) is 13.0 Å². The van der Waals surface area contributed by atoms with Gasteiger partial charge in [-0.25, -0.2) is 0 Å². The fourth-order valence-electron chi connectivity index (χ4n) is 2.51. The molecule has 1 unspecified atom stereocenters. The van der Waals surface area contributed by atoms with Crippen LogP contribution in [0, 0.1) is 5.92 Å². The molecule has 1 fully saturated rings. The molecule has 0 N–H and O–H groups in total. The van der Waals surface area contributed by atoms with Crippen molar-refractivity contribution in [3.63, 3.8) is 0 Å². The minimum atomic E-state index is 0.532. The maximum absolute atomic E-state index is 5.38. The molecule has 21 heavy (non-hydrogen) atoms. The number of rotatable bonds is 5. The number of hydrogen-bond acceptors (Lipinski definition) is 5. The van der Waals surface area contributed by atoms with Gasteiger partial charge in [-0.05, 0) is 24.6 Å². The molecule has 0 bridgehead atoms. The second-order valence-corrected chi connectivity index (χ2v) is 5.13. The number of methoxy groups -OCH3 is 2. The minimum Gasteiger partial charge on any atom is -0.493 e. The summed E-state index contributed by atoms with van der Waals surface area (Å²) in [4.78, 5) is 0. The van der Waals surface area contributed by atoms with Crippen LogP contribution >= 0.6 is 0 Å². The van der Waals surface area contributed by atoms with Crippen LogP contribution < -0.4 is 9.47 Å². The lowest BCUT2D eigenvalue weighted by atomic mass is 10.1. The van der Waals surface area contributed by atoms with Crippen molar-refractivity contribution in [3.8, 4) is 22.8 Å². The van der Waals surface area contributed by atoms with Crippen LogP contribution in [0.5, 0.6) is 11.5 Å². The molecule has 2 aromatic rings. The zero-order chi connectivity index (χ0) is 14.7. The van der Waals surface area contributed by atoms with Gasteiger partial charge in [-0.15, -0.1) is 5.10 Å². The van der Waals surface area contributed by atoms with Crippen molar-refractivity contribution < 1.29 is 14.2 Å². The summed E-state index contributed by atoms with van der Waals surface area (Å²) in [6.07, 6.45) is 3.05. The molecule has 0 radical (unpaired) electrons. The standard InChI is InChI=1S/C15H19N3O3/c1-19-14-4-3-12(7-15(14)20-2)13-9-18(17-16-13)8-11-5-6-21-10-11/h3-4,7,9,11H,5-6,8,10H2,1-2H3. The molecule has 1 aromatic heterocycles. The Bertz CT molecular complexity index is 606. The molecular formula is C15H19N3O3. The maximum Gasteiger partial charge on any atom is 0.161 e. The highest BCUT2D eigenvalue weighted by atomic mass is 16.5. The molecule has 0 aliphatic carbocycles. The zero-order valence-electron chi connectivity index (χ0n) is 12.3. The van der Waals surface area contributed by atoms with E-state index in [0.29, 0.717) is 17.4 Å². The second kappa shape index (κ2) is 6.13. The highest BCUT2D eigenvalue weighted by molar-refractivity contribution is 5.63. The predicted molar refractivity (Wildman–Crippen MR) is 77.5 cm³/mol. The predicted octanol–water partition coefficient (Wildman–Crippen LogP) is 2.00. The largest absolute Gasteiger partial charge is 0.493 e. The highest BCUT2D eigenvalue weighted by Gasteiger charge is 2.17. The molecule has 0 spiro atoms. The Balaban J connectivity index is 1.78. The van der Waals surface area contributed by atoms with E-state index in [1.807, 2.05) is 29.1 Å². The van der Waals surface area contributed by atoms with Gasteiger partial charge >= 0.3 is 0 Å². The van der Waals surface area contributed by atoms with E-state index in [0.717, 1.165) is 37.4 Å². The van der Waals surface area contributed by atoms with Gasteiger partial charge in [-0.2, -0.15) is 0 Å². The van der Waals surface area contributed by atoms with E-state index < -0.39 is 0 Å². The number of nitrogens with zero attached hydrogens (tertiary/aromatic N) is 3. The molecule has 6 nitrogen and oxygen atoms in total. The normalized spacial score (nSPS) is 17.9. The lowest BCUT2D eigenvalue weighted by Crippen LogP contribution is -2.10. The average molecular weight is 289 g/mol. The Kier molecular flexibility index (Phi) is 4.06. The van der Waals surface area contributed by atoms with E-state index in [1.54, 1.807) is 14.2 Å². The van der Waals surface area contributed by atoms with Gasteiger partial charge in [-0.3, -0.25) is 4.68 Å². The maximum atomic E-state index is 5.38. The molecule has 0 amide bonds. The van der Waals surface area contributed by atoms with E-state index in [2.05, 4.69) is 10.3 Å². The summed E-state index contributed by atoms with van der Waals surface area (Å²) in [5, 5.41) is 8.43.